The summed E-state index contributed by atoms with van der Waals surface area (Å²) in [7, 11) is 0. The van der Waals surface area contributed by atoms with Crippen LogP contribution in [0.3, 0.4) is 0 Å². The molecule has 114 valence electrons. The van der Waals surface area contributed by atoms with Crippen molar-refractivity contribution in [3.8, 4) is 11.3 Å². The van der Waals surface area contributed by atoms with E-state index in [2.05, 4.69) is 32.3 Å². The molecule has 1 aromatic carbocycles. The predicted octanol–water partition coefficient (Wildman–Crippen LogP) is 5.22. The van der Waals surface area contributed by atoms with E-state index < -0.39 is 0 Å². The fraction of sp³-hybridized carbons (Fsp3) is 0.438. The highest BCUT2D eigenvalue weighted by molar-refractivity contribution is 6.39. The average Bonchev–Trinajstić information content (AvgIpc) is 2.67. The molecule has 0 radical (unpaired) electrons. The van der Waals surface area contributed by atoms with Crippen LogP contribution in [0.5, 0.6) is 0 Å². The number of benzene rings is 1. The summed E-state index contributed by atoms with van der Waals surface area (Å²) >= 11 is 12.6. The zero-order valence-corrected chi connectivity index (χ0v) is 14.3. The van der Waals surface area contributed by atoms with Crippen molar-refractivity contribution < 1.29 is 0 Å². The van der Waals surface area contributed by atoms with Gasteiger partial charge in [0.1, 0.15) is 17.3 Å². The molecule has 0 saturated carbocycles. The molecule has 0 unspecified atom stereocenters. The Morgan fingerprint density at radius 1 is 1.14 bits per heavy atom. The number of hydrogen-bond donors (Lipinski definition) is 1. The molecule has 0 aliphatic carbocycles. The van der Waals surface area contributed by atoms with Crippen LogP contribution in [0.15, 0.2) is 18.2 Å². The summed E-state index contributed by atoms with van der Waals surface area (Å²) in [4.78, 5) is 4.72. The zero-order chi connectivity index (χ0) is 15.7. The normalized spacial score (nSPS) is 11.6. The second-order valence-electron chi connectivity index (χ2n) is 5.96. The fourth-order valence-corrected chi connectivity index (χ4v) is 2.97. The van der Waals surface area contributed by atoms with Gasteiger partial charge in [0, 0.05) is 18.0 Å². The van der Waals surface area contributed by atoms with E-state index in [0.717, 1.165) is 12.4 Å². The zero-order valence-electron chi connectivity index (χ0n) is 12.8. The Labute approximate surface area is 136 Å². The van der Waals surface area contributed by atoms with E-state index >= 15 is 0 Å². The summed E-state index contributed by atoms with van der Waals surface area (Å²) in [5, 5.41) is 1.14. The van der Waals surface area contributed by atoms with Crippen molar-refractivity contribution in [1.29, 1.82) is 0 Å². The third-order valence-corrected chi connectivity index (χ3v) is 3.93. The van der Waals surface area contributed by atoms with Gasteiger partial charge in [0.25, 0.3) is 0 Å². The molecule has 2 rings (SSSR count). The van der Waals surface area contributed by atoms with E-state index in [-0.39, 0.29) is 5.92 Å². The van der Waals surface area contributed by atoms with Gasteiger partial charge in [0.05, 0.1) is 10.0 Å². The molecule has 21 heavy (non-hydrogen) atoms. The van der Waals surface area contributed by atoms with Crippen molar-refractivity contribution in [3.05, 3.63) is 34.1 Å². The second kappa shape index (κ2) is 6.29. The van der Waals surface area contributed by atoms with E-state index in [1.54, 1.807) is 12.1 Å². The van der Waals surface area contributed by atoms with Gasteiger partial charge in [0.2, 0.25) is 0 Å². The number of nitrogens with zero attached hydrogens (tertiary/aromatic N) is 2. The van der Waals surface area contributed by atoms with Gasteiger partial charge in [-0.2, -0.15) is 0 Å². The third-order valence-electron chi connectivity index (χ3n) is 3.30. The number of halogens is 2. The first-order valence-corrected chi connectivity index (χ1v) is 7.88. The topological polar surface area (TPSA) is 43.8 Å². The molecule has 0 atom stereocenters. The maximum atomic E-state index is 6.34. The van der Waals surface area contributed by atoms with Crippen LogP contribution in [0.25, 0.3) is 11.3 Å². The molecule has 3 nitrogen and oxygen atoms in total. The maximum Gasteiger partial charge on any atom is 0.131 e. The largest absolute Gasteiger partial charge is 0.383 e. The first kappa shape index (κ1) is 16.2. The number of imidazole rings is 1. The number of anilines is 1. The van der Waals surface area contributed by atoms with Gasteiger partial charge in [-0.15, -0.1) is 0 Å². The Morgan fingerprint density at radius 2 is 1.71 bits per heavy atom. The summed E-state index contributed by atoms with van der Waals surface area (Å²) in [6.45, 7) is 9.36. The highest BCUT2D eigenvalue weighted by atomic mass is 35.5. The van der Waals surface area contributed by atoms with Crippen molar-refractivity contribution >= 4 is 29.0 Å². The molecule has 0 aliphatic rings. The lowest BCUT2D eigenvalue weighted by Crippen LogP contribution is -2.12. The molecule has 0 aliphatic heterocycles. The minimum atomic E-state index is 0.279. The lowest BCUT2D eigenvalue weighted by Gasteiger charge is -2.14. The third kappa shape index (κ3) is 3.19. The minimum Gasteiger partial charge on any atom is -0.383 e. The lowest BCUT2D eigenvalue weighted by molar-refractivity contribution is 0.502. The van der Waals surface area contributed by atoms with Gasteiger partial charge in [0.15, 0.2) is 0 Å². The Hall–Kier alpha value is -1.19. The molecule has 0 amide bonds. The standard InChI is InChI=1S/C16H21Cl2N3/c1-9(2)8-21-15(19)14(20-16(21)10(3)4)13-11(17)6-5-7-12(13)18/h5-7,9-10H,8,19H2,1-4H3. The molecule has 5 heteroatoms. The molecule has 1 aromatic heterocycles. The molecular formula is C16H21Cl2N3. The van der Waals surface area contributed by atoms with Gasteiger partial charge in [-0.25, -0.2) is 4.98 Å². The van der Waals surface area contributed by atoms with Crippen LogP contribution < -0.4 is 5.73 Å². The monoisotopic (exact) mass is 325 g/mol. The fourth-order valence-electron chi connectivity index (χ4n) is 2.39. The van der Waals surface area contributed by atoms with Crippen LogP contribution in [-0.2, 0) is 6.54 Å². The van der Waals surface area contributed by atoms with E-state index in [9.17, 15) is 0 Å². The van der Waals surface area contributed by atoms with Gasteiger partial charge < -0.3 is 10.3 Å². The van der Waals surface area contributed by atoms with Crippen molar-refractivity contribution in [3.63, 3.8) is 0 Å². The second-order valence-corrected chi connectivity index (χ2v) is 6.77. The van der Waals surface area contributed by atoms with E-state index in [4.69, 9.17) is 33.9 Å². The molecule has 2 N–H and O–H groups in total. The van der Waals surface area contributed by atoms with Gasteiger partial charge in [-0.05, 0) is 18.1 Å². The molecule has 0 saturated heterocycles. The Morgan fingerprint density at radius 3 is 2.19 bits per heavy atom. The molecule has 0 bridgehead atoms. The molecule has 0 spiro atoms. The van der Waals surface area contributed by atoms with Crippen LogP contribution in [0.2, 0.25) is 10.0 Å². The first-order valence-electron chi connectivity index (χ1n) is 7.13. The van der Waals surface area contributed by atoms with Crippen molar-refractivity contribution in [2.75, 3.05) is 5.73 Å². The average molecular weight is 326 g/mol. The number of nitrogens with two attached hydrogens (primary N) is 1. The number of aromatic nitrogens is 2. The minimum absolute atomic E-state index is 0.279. The summed E-state index contributed by atoms with van der Waals surface area (Å²) in [6, 6.07) is 5.43. The Bertz CT molecular complexity index is 625. The van der Waals surface area contributed by atoms with Crippen molar-refractivity contribution in [2.24, 2.45) is 5.92 Å². The van der Waals surface area contributed by atoms with Crippen LogP contribution in [0.4, 0.5) is 5.82 Å². The van der Waals surface area contributed by atoms with Gasteiger partial charge >= 0.3 is 0 Å². The molecule has 0 fully saturated rings. The summed E-state index contributed by atoms with van der Waals surface area (Å²) in [5.74, 6) is 2.35. The van der Waals surface area contributed by atoms with Crippen molar-refractivity contribution in [2.45, 2.75) is 40.2 Å². The summed E-state index contributed by atoms with van der Waals surface area (Å²) in [6.07, 6.45) is 0. The highest BCUT2D eigenvalue weighted by Gasteiger charge is 2.22. The highest BCUT2D eigenvalue weighted by Crippen LogP contribution is 2.38. The SMILES string of the molecule is CC(C)Cn1c(C(C)C)nc(-c2c(Cl)cccc2Cl)c1N. The lowest BCUT2D eigenvalue weighted by atomic mass is 10.1. The molecule has 2 aromatic rings. The van der Waals surface area contributed by atoms with Gasteiger partial charge in [-0.3, -0.25) is 0 Å². The van der Waals surface area contributed by atoms with Crippen LogP contribution >= 0.6 is 23.2 Å². The Kier molecular flexibility index (Phi) is 4.84. The van der Waals surface area contributed by atoms with E-state index in [1.165, 1.54) is 0 Å². The first-order chi connectivity index (χ1) is 9.82. The maximum absolute atomic E-state index is 6.34. The predicted molar refractivity (Wildman–Crippen MR) is 91.0 cm³/mol. The Balaban J connectivity index is 2.66. The smallest absolute Gasteiger partial charge is 0.131 e. The quantitative estimate of drug-likeness (QED) is 0.837. The van der Waals surface area contributed by atoms with E-state index in [0.29, 0.717) is 33.0 Å². The number of rotatable bonds is 4. The molecule has 1 heterocycles. The van der Waals surface area contributed by atoms with Crippen LogP contribution in [0, 0.1) is 5.92 Å². The van der Waals surface area contributed by atoms with Gasteiger partial charge in [-0.1, -0.05) is 57.0 Å². The number of nitrogen functional groups attached to an aromatic ring is 1. The molecular weight excluding hydrogens is 305 g/mol. The van der Waals surface area contributed by atoms with Crippen molar-refractivity contribution in [1.82, 2.24) is 9.55 Å². The van der Waals surface area contributed by atoms with Crippen LogP contribution in [0.1, 0.15) is 39.4 Å². The van der Waals surface area contributed by atoms with E-state index in [1.807, 2.05) is 6.07 Å². The van der Waals surface area contributed by atoms with Crippen LogP contribution in [-0.4, -0.2) is 9.55 Å². The summed E-state index contributed by atoms with van der Waals surface area (Å²) < 4.78 is 2.07. The number of hydrogen-bond acceptors (Lipinski definition) is 2. The summed E-state index contributed by atoms with van der Waals surface area (Å²) in [5.41, 5.74) is 7.73.